The van der Waals surface area contributed by atoms with Gasteiger partial charge in [-0.2, -0.15) is 0 Å². The molecule has 0 aliphatic carbocycles. The summed E-state index contributed by atoms with van der Waals surface area (Å²) in [5.74, 6) is -0.272. The van der Waals surface area contributed by atoms with Crippen molar-refractivity contribution in [2.24, 2.45) is 5.14 Å². The number of aromatic nitrogens is 2. The van der Waals surface area contributed by atoms with E-state index in [0.717, 1.165) is 16.2 Å². The van der Waals surface area contributed by atoms with Crippen LogP contribution >= 0.6 is 11.8 Å². The van der Waals surface area contributed by atoms with Gasteiger partial charge in [0.2, 0.25) is 10.0 Å². The number of nitrogens with two attached hydrogens (primary N) is 1. The SMILES string of the molecule is CCn1c(SC(C)c2cccc(F)c2)nc2cc(S(N)(=O)=O)ccc21. The predicted molar refractivity (Wildman–Crippen MR) is 97.5 cm³/mol. The molecule has 1 aromatic heterocycles. The van der Waals surface area contributed by atoms with Crippen molar-refractivity contribution >= 4 is 32.8 Å². The lowest BCUT2D eigenvalue weighted by Crippen LogP contribution is -2.11. The third-order valence-electron chi connectivity index (χ3n) is 3.93. The highest BCUT2D eigenvalue weighted by Crippen LogP contribution is 2.36. The van der Waals surface area contributed by atoms with Crippen molar-refractivity contribution in [2.45, 2.75) is 35.7 Å². The lowest BCUT2D eigenvalue weighted by atomic mass is 10.2. The summed E-state index contributed by atoms with van der Waals surface area (Å²) in [6, 6.07) is 11.2. The average molecular weight is 379 g/mol. The molecular formula is C17H18FN3O2S2. The van der Waals surface area contributed by atoms with E-state index in [4.69, 9.17) is 5.14 Å². The molecule has 0 saturated heterocycles. The van der Waals surface area contributed by atoms with Gasteiger partial charge in [0, 0.05) is 11.8 Å². The first kappa shape index (κ1) is 17.9. The minimum atomic E-state index is -3.77. The Morgan fingerprint density at radius 1 is 1.28 bits per heavy atom. The zero-order valence-corrected chi connectivity index (χ0v) is 15.4. The van der Waals surface area contributed by atoms with Gasteiger partial charge in [0.1, 0.15) is 5.82 Å². The highest BCUT2D eigenvalue weighted by atomic mass is 32.2. The van der Waals surface area contributed by atoms with Crippen molar-refractivity contribution in [3.8, 4) is 0 Å². The number of fused-ring (bicyclic) bond motifs is 1. The molecule has 3 rings (SSSR count). The Hall–Kier alpha value is -1.90. The van der Waals surface area contributed by atoms with Crippen LogP contribution in [0.25, 0.3) is 11.0 Å². The number of rotatable bonds is 5. The molecular weight excluding hydrogens is 361 g/mol. The molecule has 3 aromatic rings. The van der Waals surface area contributed by atoms with E-state index in [1.165, 1.54) is 36.0 Å². The molecule has 132 valence electrons. The summed E-state index contributed by atoms with van der Waals surface area (Å²) in [5.41, 5.74) is 2.27. The average Bonchev–Trinajstić information content (AvgIpc) is 2.90. The van der Waals surface area contributed by atoms with Crippen molar-refractivity contribution in [1.29, 1.82) is 0 Å². The second-order valence-corrected chi connectivity index (χ2v) is 8.52. The molecule has 2 aromatic carbocycles. The molecule has 0 radical (unpaired) electrons. The summed E-state index contributed by atoms with van der Waals surface area (Å²) < 4.78 is 38.5. The van der Waals surface area contributed by atoms with E-state index in [0.29, 0.717) is 12.1 Å². The number of hydrogen-bond donors (Lipinski definition) is 1. The number of halogens is 1. The topological polar surface area (TPSA) is 78.0 Å². The van der Waals surface area contributed by atoms with Crippen LogP contribution in [0, 0.1) is 5.82 Å². The number of aryl methyl sites for hydroxylation is 1. The van der Waals surface area contributed by atoms with Gasteiger partial charge >= 0.3 is 0 Å². The summed E-state index contributed by atoms with van der Waals surface area (Å²) in [5, 5.41) is 5.94. The van der Waals surface area contributed by atoms with Crippen LogP contribution in [0.2, 0.25) is 0 Å². The van der Waals surface area contributed by atoms with Gasteiger partial charge in [-0.25, -0.2) is 22.9 Å². The molecule has 25 heavy (non-hydrogen) atoms. The third-order valence-corrected chi connectivity index (χ3v) is 5.99. The maximum Gasteiger partial charge on any atom is 0.238 e. The quantitative estimate of drug-likeness (QED) is 0.686. The van der Waals surface area contributed by atoms with Crippen LogP contribution in [0.15, 0.2) is 52.5 Å². The summed E-state index contributed by atoms with van der Waals surface area (Å²) in [7, 11) is -3.77. The van der Waals surface area contributed by atoms with Crippen LogP contribution in [0.5, 0.6) is 0 Å². The number of imidazole rings is 1. The first-order chi connectivity index (χ1) is 11.8. The van der Waals surface area contributed by atoms with Crippen molar-refractivity contribution in [3.05, 3.63) is 53.8 Å². The van der Waals surface area contributed by atoms with E-state index in [1.54, 1.807) is 12.1 Å². The van der Waals surface area contributed by atoms with E-state index in [1.807, 2.05) is 24.5 Å². The summed E-state index contributed by atoms with van der Waals surface area (Å²) >= 11 is 1.50. The number of thioether (sulfide) groups is 1. The Morgan fingerprint density at radius 2 is 2.04 bits per heavy atom. The van der Waals surface area contributed by atoms with Gasteiger partial charge in [-0.3, -0.25) is 0 Å². The van der Waals surface area contributed by atoms with Crippen LogP contribution < -0.4 is 5.14 Å². The van der Waals surface area contributed by atoms with E-state index < -0.39 is 10.0 Å². The van der Waals surface area contributed by atoms with E-state index in [9.17, 15) is 12.8 Å². The van der Waals surface area contributed by atoms with Gasteiger partial charge in [0.15, 0.2) is 5.16 Å². The molecule has 1 heterocycles. The van der Waals surface area contributed by atoms with Crippen molar-refractivity contribution < 1.29 is 12.8 Å². The standard InChI is InChI=1S/C17H18FN3O2S2/c1-3-21-16-8-7-14(25(19,22)23)10-15(16)20-17(21)24-11(2)12-5-4-6-13(18)9-12/h4-11H,3H2,1-2H3,(H2,19,22,23). The summed E-state index contributed by atoms with van der Waals surface area (Å²) in [4.78, 5) is 4.60. The fourth-order valence-corrected chi connectivity index (χ4v) is 4.28. The summed E-state index contributed by atoms with van der Waals surface area (Å²) in [6.07, 6.45) is 0. The molecule has 0 aliphatic heterocycles. The molecule has 0 fully saturated rings. The maximum atomic E-state index is 13.4. The van der Waals surface area contributed by atoms with Gasteiger partial charge in [0.05, 0.1) is 15.9 Å². The van der Waals surface area contributed by atoms with Crippen molar-refractivity contribution in [2.75, 3.05) is 0 Å². The fourth-order valence-electron chi connectivity index (χ4n) is 2.65. The van der Waals surface area contributed by atoms with Gasteiger partial charge in [-0.15, -0.1) is 0 Å². The molecule has 8 heteroatoms. The Morgan fingerprint density at radius 3 is 2.68 bits per heavy atom. The number of nitrogens with zero attached hydrogens (tertiary/aromatic N) is 2. The molecule has 0 amide bonds. The Labute approximate surface area is 150 Å². The molecule has 5 nitrogen and oxygen atoms in total. The van der Waals surface area contributed by atoms with E-state index >= 15 is 0 Å². The smallest absolute Gasteiger partial charge is 0.238 e. The maximum absolute atomic E-state index is 13.4. The summed E-state index contributed by atoms with van der Waals surface area (Å²) in [6.45, 7) is 4.66. The van der Waals surface area contributed by atoms with Crippen LogP contribution in [-0.2, 0) is 16.6 Å². The largest absolute Gasteiger partial charge is 0.319 e. The highest BCUT2D eigenvalue weighted by Gasteiger charge is 2.17. The number of sulfonamides is 1. The van der Waals surface area contributed by atoms with Crippen LogP contribution in [0.3, 0.4) is 0 Å². The van der Waals surface area contributed by atoms with Gasteiger partial charge in [-0.1, -0.05) is 23.9 Å². The predicted octanol–water partition coefficient (Wildman–Crippen LogP) is 3.70. The lowest BCUT2D eigenvalue weighted by molar-refractivity contribution is 0.598. The molecule has 0 bridgehead atoms. The van der Waals surface area contributed by atoms with E-state index in [2.05, 4.69) is 4.98 Å². The molecule has 0 spiro atoms. The highest BCUT2D eigenvalue weighted by molar-refractivity contribution is 7.99. The fraction of sp³-hybridized carbons (Fsp3) is 0.235. The van der Waals surface area contributed by atoms with Gasteiger partial charge in [-0.05, 0) is 49.7 Å². The van der Waals surface area contributed by atoms with Crippen LogP contribution in [0.1, 0.15) is 24.7 Å². The van der Waals surface area contributed by atoms with Crippen molar-refractivity contribution in [3.63, 3.8) is 0 Å². The van der Waals surface area contributed by atoms with Crippen LogP contribution in [-0.4, -0.2) is 18.0 Å². The first-order valence-corrected chi connectivity index (χ1v) is 10.2. The zero-order valence-electron chi connectivity index (χ0n) is 13.8. The molecule has 0 saturated carbocycles. The first-order valence-electron chi connectivity index (χ1n) is 7.75. The monoisotopic (exact) mass is 379 g/mol. The number of hydrogen-bond acceptors (Lipinski definition) is 4. The third kappa shape index (κ3) is 3.70. The van der Waals surface area contributed by atoms with Crippen molar-refractivity contribution in [1.82, 2.24) is 9.55 Å². The lowest BCUT2D eigenvalue weighted by Gasteiger charge is -2.12. The van der Waals surface area contributed by atoms with Gasteiger partial charge in [0.25, 0.3) is 0 Å². The Kier molecular flexibility index (Phi) is 4.86. The minimum Gasteiger partial charge on any atom is -0.319 e. The molecule has 1 unspecified atom stereocenters. The Bertz CT molecular complexity index is 1030. The second kappa shape index (κ2) is 6.78. The Balaban J connectivity index is 2.01. The number of benzene rings is 2. The van der Waals surface area contributed by atoms with E-state index in [-0.39, 0.29) is 16.0 Å². The molecule has 1 atom stereocenters. The molecule has 2 N–H and O–H groups in total. The zero-order chi connectivity index (χ0) is 18.2. The van der Waals surface area contributed by atoms with Crippen LogP contribution in [0.4, 0.5) is 4.39 Å². The normalized spacial score (nSPS) is 13.3. The minimum absolute atomic E-state index is 0.00414. The second-order valence-electron chi connectivity index (χ2n) is 5.65. The molecule has 0 aliphatic rings. The van der Waals surface area contributed by atoms with Gasteiger partial charge < -0.3 is 4.57 Å². The number of primary sulfonamides is 1.